The topological polar surface area (TPSA) is 82.4 Å². The summed E-state index contributed by atoms with van der Waals surface area (Å²) in [5.74, 6) is -0.546. The van der Waals surface area contributed by atoms with E-state index in [9.17, 15) is 18.0 Å². The van der Waals surface area contributed by atoms with Gasteiger partial charge >= 0.3 is 5.97 Å². The first-order valence-electron chi connectivity index (χ1n) is 7.84. The number of esters is 1. The number of ether oxygens (including phenoxy) is 1. The summed E-state index contributed by atoms with van der Waals surface area (Å²) >= 11 is 0. The van der Waals surface area contributed by atoms with E-state index in [-0.39, 0.29) is 29.9 Å². The van der Waals surface area contributed by atoms with Crippen LogP contribution in [0.3, 0.4) is 0 Å². The lowest BCUT2D eigenvalue weighted by molar-refractivity contribution is -0.136. The van der Waals surface area contributed by atoms with Crippen LogP contribution in [0.25, 0.3) is 0 Å². The molecule has 24 heavy (non-hydrogen) atoms. The van der Waals surface area contributed by atoms with Crippen molar-refractivity contribution in [2.45, 2.75) is 40.2 Å². The Hall–Kier alpha value is -1.89. The molecule has 132 valence electrons. The highest BCUT2D eigenvalue weighted by atomic mass is 32.2. The zero-order valence-electron chi connectivity index (χ0n) is 14.5. The van der Waals surface area contributed by atoms with Crippen LogP contribution in [0.1, 0.15) is 48.1 Å². The summed E-state index contributed by atoms with van der Waals surface area (Å²) in [6, 6.07) is 1.60. The van der Waals surface area contributed by atoms with Crippen LogP contribution in [0.4, 0.5) is 0 Å². The lowest BCUT2D eigenvalue weighted by Crippen LogP contribution is -2.16. The number of nitrogens with zero attached hydrogens (tertiary/aromatic N) is 1. The Labute approximate surface area is 142 Å². The summed E-state index contributed by atoms with van der Waals surface area (Å²) in [5, 5.41) is 0. The van der Waals surface area contributed by atoms with E-state index in [0.29, 0.717) is 12.0 Å². The average Bonchev–Trinajstić information content (AvgIpc) is 2.95. The zero-order chi connectivity index (χ0) is 18.1. The van der Waals surface area contributed by atoms with Crippen LogP contribution >= 0.6 is 0 Å². The van der Waals surface area contributed by atoms with Gasteiger partial charge in [0.25, 0.3) is 0 Å². The highest BCUT2D eigenvalue weighted by molar-refractivity contribution is 7.91. The third-order valence-corrected chi connectivity index (χ3v) is 5.86. The second-order valence-electron chi connectivity index (χ2n) is 6.46. The van der Waals surface area contributed by atoms with Gasteiger partial charge in [-0.1, -0.05) is 5.57 Å². The summed E-state index contributed by atoms with van der Waals surface area (Å²) in [6.45, 7) is 6.86. The van der Waals surface area contributed by atoms with Crippen molar-refractivity contribution in [1.29, 1.82) is 0 Å². The summed E-state index contributed by atoms with van der Waals surface area (Å²) < 4.78 is 30.3. The molecule has 1 aliphatic rings. The maximum absolute atomic E-state index is 12.3. The molecule has 0 spiro atoms. The van der Waals surface area contributed by atoms with Gasteiger partial charge in [-0.05, 0) is 40.2 Å². The molecule has 0 saturated carbocycles. The van der Waals surface area contributed by atoms with Crippen molar-refractivity contribution in [2.75, 3.05) is 18.1 Å². The molecule has 1 fully saturated rings. The molecule has 7 heteroatoms. The van der Waals surface area contributed by atoms with Crippen LogP contribution in [-0.2, 0) is 19.4 Å². The van der Waals surface area contributed by atoms with Gasteiger partial charge in [0.2, 0.25) is 5.78 Å². The molecule has 1 aromatic rings. The molecule has 2 heterocycles. The van der Waals surface area contributed by atoms with Gasteiger partial charge in [0.15, 0.2) is 16.4 Å². The lowest BCUT2D eigenvalue weighted by atomic mass is 10.1. The van der Waals surface area contributed by atoms with Crippen LogP contribution in [0.15, 0.2) is 17.7 Å². The molecule has 0 amide bonds. The number of hydrogen-bond acceptors (Lipinski definition) is 5. The van der Waals surface area contributed by atoms with Gasteiger partial charge < -0.3 is 9.30 Å². The number of Topliss-reactive ketones (excluding diaryl/α,β-unsaturated/α-hetero) is 1. The monoisotopic (exact) mass is 353 g/mol. The standard InChI is InChI=1S/C17H23NO5S/c1-11(2)7-17(20)23-9-16(19)15-8-12(3)18(13(15)4)14-5-6-24(21,22)10-14/h7-8,14H,5-6,9-10H2,1-4H3. The second kappa shape index (κ2) is 6.93. The first-order chi connectivity index (χ1) is 11.1. The number of aromatic nitrogens is 1. The van der Waals surface area contributed by atoms with E-state index >= 15 is 0 Å². The van der Waals surface area contributed by atoms with Gasteiger partial charge in [-0.3, -0.25) is 4.79 Å². The normalized spacial score (nSPS) is 19.1. The fourth-order valence-electron chi connectivity index (χ4n) is 3.09. The molecule has 0 bridgehead atoms. The molecule has 0 aliphatic carbocycles. The van der Waals surface area contributed by atoms with E-state index in [1.54, 1.807) is 26.8 Å². The molecule has 1 aromatic heterocycles. The largest absolute Gasteiger partial charge is 0.454 e. The van der Waals surface area contributed by atoms with Crippen molar-refractivity contribution >= 4 is 21.6 Å². The van der Waals surface area contributed by atoms with Gasteiger partial charge in [-0.2, -0.15) is 0 Å². The van der Waals surface area contributed by atoms with Crippen molar-refractivity contribution in [3.63, 3.8) is 0 Å². The predicted molar refractivity (Wildman–Crippen MR) is 90.9 cm³/mol. The molecule has 2 rings (SSSR count). The SMILES string of the molecule is CC(C)=CC(=O)OCC(=O)c1cc(C)n(C2CCS(=O)(=O)C2)c1C. The average molecular weight is 353 g/mol. The van der Waals surface area contributed by atoms with Crippen molar-refractivity contribution in [3.05, 3.63) is 34.7 Å². The van der Waals surface area contributed by atoms with Crippen LogP contribution in [0, 0.1) is 13.8 Å². The Balaban J connectivity index is 2.15. The molecule has 6 nitrogen and oxygen atoms in total. The van der Waals surface area contributed by atoms with Crippen LogP contribution < -0.4 is 0 Å². The second-order valence-corrected chi connectivity index (χ2v) is 8.69. The third-order valence-electron chi connectivity index (χ3n) is 4.11. The number of carbonyl (C=O) groups excluding carboxylic acids is 2. The maximum atomic E-state index is 12.3. The van der Waals surface area contributed by atoms with E-state index in [1.807, 2.05) is 11.5 Å². The molecule has 0 aromatic carbocycles. The Morgan fingerprint density at radius 1 is 1.33 bits per heavy atom. The van der Waals surface area contributed by atoms with Crippen LogP contribution in [0.5, 0.6) is 0 Å². The molecule has 0 radical (unpaired) electrons. The van der Waals surface area contributed by atoms with Crippen molar-refractivity contribution < 1.29 is 22.7 Å². The number of carbonyl (C=O) groups is 2. The highest BCUT2D eigenvalue weighted by Gasteiger charge is 2.31. The van der Waals surface area contributed by atoms with E-state index in [1.165, 1.54) is 6.08 Å². The fourth-order valence-corrected chi connectivity index (χ4v) is 4.79. The minimum absolute atomic E-state index is 0.104. The summed E-state index contributed by atoms with van der Waals surface area (Å²) in [4.78, 5) is 23.8. The summed E-state index contributed by atoms with van der Waals surface area (Å²) in [7, 11) is -3.00. The number of aryl methyl sites for hydroxylation is 1. The smallest absolute Gasteiger partial charge is 0.331 e. The van der Waals surface area contributed by atoms with Crippen LogP contribution in [0.2, 0.25) is 0 Å². The number of rotatable bonds is 5. The Bertz CT molecular complexity index is 797. The number of hydrogen-bond donors (Lipinski definition) is 0. The van der Waals surface area contributed by atoms with Gasteiger partial charge in [0.05, 0.1) is 11.5 Å². The van der Waals surface area contributed by atoms with E-state index in [2.05, 4.69) is 0 Å². The third kappa shape index (κ3) is 4.14. The van der Waals surface area contributed by atoms with E-state index in [4.69, 9.17) is 4.74 Å². The number of allylic oxidation sites excluding steroid dienone is 1. The van der Waals surface area contributed by atoms with Gasteiger partial charge in [-0.25, -0.2) is 13.2 Å². The Morgan fingerprint density at radius 2 is 2.00 bits per heavy atom. The van der Waals surface area contributed by atoms with Gasteiger partial charge in [-0.15, -0.1) is 0 Å². The van der Waals surface area contributed by atoms with Crippen molar-refractivity contribution in [1.82, 2.24) is 4.57 Å². The zero-order valence-corrected chi connectivity index (χ0v) is 15.3. The first kappa shape index (κ1) is 18.4. The first-order valence-corrected chi connectivity index (χ1v) is 9.66. The molecule has 1 unspecified atom stereocenters. The minimum atomic E-state index is -3.00. The summed E-state index contributed by atoms with van der Waals surface area (Å²) in [6.07, 6.45) is 1.89. The molecular weight excluding hydrogens is 330 g/mol. The van der Waals surface area contributed by atoms with Crippen molar-refractivity contribution in [2.24, 2.45) is 0 Å². The number of sulfone groups is 1. The van der Waals surface area contributed by atoms with Crippen LogP contribution in [-0.4, -0.2) is 42.9 Å². The molecule has 1 atom stereocenters. The van der Waals surface area contributed by atoms with Gasteiger partial charge in [0, 0.05) is 29.1 Å². The lowest BCUT2D eigenvalue weighted by Gasteiger charge is -2.16. The highest BCUT2D eigenvalue weighted by Crippen LogP contribution is 2.29. The van der Waals surface area contributed by atoms with E-state index < -0.39 is 15.8 Å². The number of ketones is 1. The molecule has 1 aliphatic heterocycles. The Morgan fingerprint density at radius 3 is 2.54 bits per heavy atom. The summed E-state index contributed by atoms with van der Waals surface area (Å²) in [5.41, 5.74) is 2.83. The molecular formula is C17H23NO5S. The van der Waals surface area contributed by atoms with Gasteiger partial charge in [0.1, 0.15) is 0 Å². The van der Waals surface area contributed by atoms with Crippen molar-refractivity contribution in [3.8, 4) is 0 Å². The Kier molecular flexibility index (Phi) is 5.32. The maximum Gasteiger partial charge on any atom is 0.331 e. The fraction of sp³-hybridized carbons (Fsp3) is 0.529. The van der Waals surface area contributed by atoms with E-state index in [0.717, 1.165) is 17.0 Å². The predicted octanol–water partition coefficient (Wildman–Crippen LogP) is 2.16. The molecule has 1 saturated heterocycles. The molecule has 0 N–H and O–H groups in total. The quantitative estimate of drug-likeness (QED) is 0.460. The minimum Gasteiger partial charge on any atom is -0.454 e.